The Hall–Kier alpha value is -1.81. The van der Waals surface area contributed by atoms with Gasteiger partial charge in [-0.1, -0.05) is 23.8 Å². The van der Waals surface area contributed by atoms with E-state index in [-0.39, 0.29) is 12.1 Å². The Morgan fingerprint density at radius 1 is 1.33 bits per heavy atom. The Balaban J connectivity index is 2.59. The molecule has 4 heteroatoms. The van der Waals surface area contributed by atoms with E-state index in [2.05, 4.69) is 10.2 Å². The molecule has 0 spiro atoms. The van der Waals surface area contributed by atoms with Crippen LogP contribution < -0.4 is 11.3 Å². The Labute approximate surface area is 87.1 Å². The van der Waals surface area contributed by atoms with Gasteiger partial charge in [0.1, 0.15) is 0 Å². The van der Waals surface area contributed by atoms with Gasteiger partial charge in [0.05, 0.1) is 11.3 Å². The maximum atomic E-state index is 11.4. The minimum Gasteiger partial charge on any atom is -0.326 e. The van der Waals surface area contributed by atoms with E-state index in [1.165, 1.54) is 0 Å². The Kier molecular flexibility index (Phi) is 2.43. The summed E-state index contributed by atoms with van der Waals surface area (Å²) in [5, 5.41) is 5.40. The lowest BCUT2D eigenvalue weighted by Crippen LogP contribution is -2.10. The highest BCUT2D eigenvalue weighted by Crippen LogP contribution is 2.19. The van der Waals surface area contributed by atoms with Crippen LogP contribution in [0.15, 0.2) is 29.1 Å². The number of nitrogens with two attached hydrogens (primary N) is 1. The first-order valence-corrected chi connectivity index (χ1v) is 4.79. The number of aryl methyl sites for hydroxylation is 1. The Morgan fingerprint density at radius 3 is 2.80 bits per heavy atom. The van der Waals surface area contributed by atoms with E-state index in [9.17, 15) is 4.79 Å². The molecule has 1 heterocycles. The molecule has 0 aliphatic carbocycles. The molecule has 0 aliphatic rings. The van der Waals surface area contributed by atoms with Crippen molar-refractivity contribution in [1.29, 1.82) is 0 Å². The molecule has 15 heavy (non-hydrogen) atoms. The molecule has 4 N–H and O–H groups in total. The van der Waals surface area contributed by atoms with Crippen molar-refractivity contribution in [3.63, 3.8) is 0 Å². The van der Waals surface area contributed by atoms with Gasteiger partial charge in [-0.2, -0.15) is 0 Å². The van der Waals surface area contributed by atoms with Crippen LogP contribution in [0.2, 0.25) is 0 Å². The molecule has 0 saturated carbocycles. The van der Waals surface area contributed by atoms with Crippen LogP contribution in [0.5, 0.6) is 0 Å². The van der Waals surface area contributed by atoms with Crippen molar-refractivity contribution in [3.8, 4) is 11.3 Å². The summed E-state index contributed by atoms with van der Waals surface area (Å²) in [5.41, 5.74) is 8.90. The van der Waals surface area contributed by atoms with Crippen molar-refractivity contribution in [3.05, 3.63) is 45.7 Å². The third-order valence-electron chi connectivity index (χ3n) is 2.39. The number of hydrogen-bond donors (Lipinski definition) is 3. The second-order valence-electron chi connectivity index (χ2n) is 3.51. The molecule has 0 amide bonds. The number of H-pyrrole nitrogens is 2. The number of hydrogen-bond acceptors (Lipinski definition) is 2. The second kappa shape index (κ2) is 3.74. The lowest BCUT2D eigenvalue weighted by Gasteiger charge is -2.01. The molecule has 1 aromatic heterocycles. The summed E-state index contributed by atoms with van der Waals surface area (Å²) in [6.07, 6.45) is 0. The predicted octanol–water partition coefficient (Wildman–Crippen LogP) is 1.14. The zero-order valence-electron chi connectivity index (χ0n) is 8.50. The fourth-order valence-corrected chi connectivity index (χ4v) is 1.63. The molecule has 0 unspecified atom stereocenters. The summed E-state index contributed by atoms with van der Waals surface area (Å²) < 4.78 is 0. The molecular formula is C11H13N3O. The summed E-state index contributed by atoms with van der Waals surface area (Å²) in [6.45, 7) is 2.25. The van der Waals surface area contributed by atoms with Crippen LogP contribution in [0.1, 0.15) is 11.1 Å². The minimum atomic E-state index is -0.144. The topological polar surface area (TPSA) is 74.7 Å². The third-order valence-corrected chi connectivity index (χ3v) is 2.39. The van der Waals surface area contributed by atoms with Gasteiger partial charge in [0, 0.05) is 12.1 Å². The number of aromatic nitrogens is 2. The SMILES string of the molecule is Cc1cccc(-c2[nH][nH]c(=O)c2CN)c1. The van der Waals surface area contributed by atoms with Crippen molar-refractivity contribution in [2.75, 3.05) is 0 Å². The number of nitrogens with one attached hydrogen (secondary N) is 2. The average molecular weight is 203 g/mol. The number of aromatic amines is 2. The van der Waals surface area contributed by atoms with Crippen molar-refractivity contribution < 1.29 is 0 Å². The van der Waals surface area contributed by atoms with Gasteiger partial charge in [-0.3, -0.25) is 15.0 Å². The summed E-state index contributed by atoms with van der Waals surface area (Å²) in [6, 6.07) is 7.93. The van der Waals surface area contributed by atoms with Gasteiger partial charge < -0.3 is 5.73 Å². The predicted molar refractivity (Wildman–Crippen MR) is 59.5 cm³/mol. The zero-order valence-corrected chi connectivity index (χ0v) is 8.50. The van der Waals surface area contributed by atoms with E-state index in [1.807, 2.05) is 31.2 Å². The molecule has 0 fully saturated rings. The number of rotatable bonds is 2. The fourth-order valence-electron chi connectivity index (χ4n) is 1.63. The molecule has 0 atom stereocenters. The smallest absolute Gasteiger partial charge is 0.269 e. The standard InChI is InChI=1S/C11H13N3O/c1-7-3-2-4-8(5-7)10-9(6-12)11(15)14-13-10/h2-5H,6,12H2,1H3,(H2,13,14,15). The summed E-state index contributed by atoms with van der Waals surface area (Å²) >= 11 is 0. The molecule has 0 aliphatic heterocycles. The van der Waals surface area contributed by atoms with Gasteiger partial charge in [0.2, 0.25) is 0 Å². The van der Waals surface area contributed by atoms with E-state index in [1.54, 1.807) is 0 Å². The first kappa shape index (κ1) is 9.73. The lowest BCUT2D eigenvalue weighted by molar-refractivity contribution is 1.04. The molecular weight excluding hydrogens is 190 g/mol. The van der Waals surface area contributed by atoms with Crippen molar-refractivity contribution in [2.45, 2.75) is 13.5 Å². The van der Waals surface area contributed by atoms with Crippen molar-refractivity contribution in [2.24, 2.45) is 5.73 Å². The van der Waals surface area contributed by atoms with Gasteiger partial charge in [0.15, 0.2) is 0 Å². The minimum absolute atomic E-state index is 0.144. The quantitative estimate of drug-likeness (QED) is 0.684. The fraction of sp³-hybridized carbons (Fsp3) is 0.182. The largest absolute Gasteiger partial charge is 0.326 e. The van der Waals surface area contributed by atoms with Crippen LogP contribution in [-0.4, -0.2) is 10.2 Å². The summed E-state index contributed by atoms with van der Waals surface area (Å²) in [5.74, 6) is 0. The molecule has 2 aromatic rings. The van der Waals surface area contributed by atoms with Crippen LogP contribution in [-0.2, 0) is 6.54 Å². The molecule has 0 saturated heterocycles. The van der Waals surface area contributed by atoms with Crippen LogP contribution in [0.4, 0.5) is 0 Å². The highest BCUT2D eigenvalue weighted by atomic mass is 16.1. The number of benzene rings is 1. The summed E-state index contributed by atoms with van der Waals surface area (Å²) in [4.78, 5) is 11.4. The first-order valence-electron chi connectivity index (χ1n) is 4.79. The maximum Gasteiger partial charge on any atom is 0.269 e. The Morgan fingerprint density at radius 2 is 2.13 bits per heavy atom. The second-order valence-corrected chi connectivity index (χ2v) is 3.51. The molecule has 1 aromatic carbocycles. The highest BCUT2D eigenvalue weighted by molar-refractivity contribution is 5.63. The monoisotopic (exact) mass is 203 g/mol. The average Bonchev–Trinajstić information content (AvgIpc) is 2.59. The van der Waals surface area contributed by atoms with Crippen LogP contribution in [0.25, 0.3) is 11.3 Å². The van der Waals surface area contributed by atoms with E-state index >= 15 is 0 Å². The molecule has 2 rings (SSSR count). The van der Waals surface area contributed by atoms with Crippen LogP contribution in [0, 0.1) is 6.92 Å². The van der Waals surface area contributed by atoms with Crippen LogP contribution in [0.3, 0.4) is 0 Å². The highest BCUT2D eigenvalue weighted by Gasteiger charge is 2.09. The summed E-state index contributed by atoms with van der Waals surface area (Å²) in [7, 11) is 0. The van der Waals surface area contributed by atoms with Gasteiger partial charge in [-0.05, 0) is 13.0 Å². The van der Waals surface area contributed by atoms with E-state index in [0.717, 1.165) is 16.8 Å². The normalized spacial score (nSPS) is 10.5. The van der Waals surface area contributed by atoms with Gasteiger partial charge >= 0.3 is 0 Å². The molecule has 4 nitrogen and oxygen atoms in total. The van der Waals surface area contributed by atoms with E-state index in [0.29, 0.717) is 5.56 Å². The Bertz CT molecular complexity index is 525. The lowest BCUT2D eigenvalue weighted by atomic mass is 10.1. The van der Waals surface area contributed by atoms with Crippen LogP contribution >= 0.6 is 0 Å². The molecule has 0 bridgehead atoms. The van der Waals surface area contributed by atoms with Gasteiger partial charge in [0.25, 0.3) is 5.56 Å². The molecule has 78 valence electrons. The van der Waals surface area contributed by atoms with Crippen molar-refractivity contribution in [1.82, 2.24) is 10.2 Å². The maximum absolute atomic E-state index is 11.4. The van der Waals surface area contributed by atoms with E-state index < -0.39 is 0 Å². The molecule has 0 radical (unpaired) electrons. The van der Waals surface area contributed by atoms with Crippen molar-refractivity contribution >= 4 is 0 Å². The van der Waals surface area contributed by atoms with Gasteiger partial charge in [-0.25, -0.2) is 0 Å². The third kappa shape index (κ3) is 1.71. The van der Waals surface area contributed by atoms with Gasteiger partial charge in [-0.15, -0.1) is 0 Å². The van der Waals surface area contributed by atoms with E-state index in [4.69, 9.17) is 5.73 Å². The first-order chi connectivity index (χ1) is 7.22. The zero-order chi connectivity index (χ0) is 10.8.